The Hall–Kier alpha value is -2.01. The van der Waals surface area contributed by atoms with Gasteiger partial charge in [-0.2, -0.15) is 0 Å². The van der Waals surface area contributed by atoms with Crippen molar-refractivity contribution in [3.63, 3.8) is 0 Å². The molecule has 0 saturated carbocycles. The summed E-state index contributed by atoms with van der Waals surface area (Å²) in [5.41, 5.74) is 9.66. The van der Waals surface area contributed by atoms with Crippen molar-refractivity contribution in [2.24, 2.45) is 0 Å². The van der Waals surface area contributed by atoms with Crippen molar-refractivity contribution >= 4 is 21.4 Å². The van der Waals surface area contributed by atoms with Crippen molar-refractivity contribution in [1.82, 2.24) is 0 Å². The molecule has 0 aliphatic heterocycles. The van der Waals surface area contributed by atoms with Crippen molar-refractivity contribution < 1.29 is 8.42 Å². The molecule has 0 aliphatic carbocycles. The first kappa shape index (κ1) is 15.4. The number of hydrogen-bond donors (Lipinski definition) is 2. The van der Waals surface area contributed by atoms with Crippen LogP contribution in [0, 0.1) is 13.8 Å². The fraction of sp³-hybridized carbons (Fsp3) is 0.250. The number of rotatable bonds is 4. The van der Waals surface area contributed by atoms with Gasteiger partial charge in [0, 0.05) is 5.69 Å². The largest absolute Gasteiger partial charge is 0.398 e. The molecule has 0 amide bonds. The quantitative estimate of drug-likeness (QED) is 0.852. The van der Waals surface area contributed by atoms with E-state index in [1.165, 1.54) is 6.07 Å². The summed E-state index contributed by atoms with van der Waals surface area (Å²) in [6.07, 6.45) is 0.759. The molecular formula is C16H20N2O2S. The number of aryl methyl sites for hydroxylation is 3. The lowest BCUT2D eigenvalue weighted by Crippen LogP contribution is -2.15. The van der Waals surface area contributed by atoms with Crippen LogP contribution >= 0.6 is 0 Å². The van der Waals surface area contributed by atoms with Gasteiger partial charge in [-0.05, 0) is 49.1 Å². The smallest absolute Gasteiger partial charge is 0.261 e. The lowest BCUT2D eigenvalue weighted by molar-refractivity contribution is 0.601. The fourth-order valence-corrected chi connectivity index (χ4v) is 3.36. The summed E-state index contributed by atoms with van der Waals surface area (Å²) in [6, 6.07) is 10.5. The molecule has 0 bridgehead atoms. The zero-order valence-electron chi connectivity index (χ0n) is 12.5. The van der Waals surface area contributed by atoms with E-state index in [-0.39, 0.29) is 4.90 Å². The normalized spacial score (nSPS) is 11.4. The van der Waals surface area contributed by atoms with Crippen molar-refractivity contribution in [3.8, 4) is 0 Å². The Morgan fingerprint density at radius 1 is 1.10 bits per heavy atom. The predicted octanol–water partition coefficient (Wildman–Crippen LogP) is 3.25. The minimum Gasteiger partial charge on any atom is -0.398 e. The molecule has 3 N–H and O–H groups in total. The summed E-state index contributed by atoms with van der Waals surface area (Å²) in [4.78, 5) is 0.177. The lowest BCUT2D eigenvalue weighted by Gasteiger charge is -2.15. The molecule has 21 heavy (non-hydrogen) atoms. The third-order valence-electron chi connectivity index (χ3n) is 3.54. The SMILES string of the molecule is CCc1cccc(C)c1NS(=O)(=O)c1ccc(C)c(N)c1. The van der Waals surface area contributed by atoms with Gasteiger partial charge in [-0.25, -0.2) is 8.42 Å². The van der Waals surface area contributed by atoms with Gasteiger partial charge in [-0.3, -0.25) is 4.72 Å². The number of nitrogen functional groups attached to an aromatic ring is 1. The molecule has 0 atom stereocenters. The van der Waals surface area contributed by atoms with Crippen molar-refractivity contribution in [3.05, 3.63) is 53.1 Å². The topological polar surface area (TPSA) is 72.2 Å². The molecule has 2 aromatic rings. The van der Waals surface area contributed by atoms with Crippen LogP contribution in [0.1, 0.15) is 23.6 Å². The number of anilines is 2. The summed E-state index contributed by atoms with van der Waals surface area (Å²) in [5.74, 6) is 0. The average Bonchev–Trinajstić information content (AvgIpc) is 2.43. The van der Waals surface area contributed by atoms with Gasteiger partial charge in [0.05, 0.1) is 10.6 Å². The summed E-state index contributed by atoms with van der Waals surface area (Å²) in [6.45, 7) is 5.73. The van der Waals surface area contributed by atoms with Crippen LogP contribution in [0.4, 0.5) is 11.4 Å². The second-order valence-corrected chi connectivity index (χ2v) is 6.77. The highest BCUT2D eigenvalue weighted by molar-refractivity contribution is 7.92. The van der Waals surface area contributed by atoms with Crippen LogP contribution in [0.25, 0.3) is 0 Å². The zero-order valence-corrected chi connectivity index (χ0v) is 13.3. The van der Waals surface area contributed by atoms with Crippen LogP contribution in [0.5, 0.6) is 0 Å². The van der Waals surface area contributed by atoms with Crippen molar-refractivity contribution in [2.45, 2.75) is 32.1 Å². The van der Waals surface area contributed by atoms with Gasteiger partial charge < -0.3 is 5.73 Å². The molecule has 0 unspecified atom stereocenters. The van der Waals surface area contributed by atoms with E-state index in [0.29, 0.717) is 11.4 Å². The van der Waals surface area contributed by atoms with Gasteiger partial charge >= 0.3 is 0 Å². The molecule has 5 heteroatoms. The molecule has 0 aromatic heterocycles. The average molecular weight is 304 g/mol. The molecule has 0 spiro atoms. The molecule has 2 aromatic carbocycles. The Morgan fingerprint density at radius 3 is 2.43 bits per heavy atom. The predicted molar refractivity (Wildman–Crippen MR) is 87.0 cm³/mol. The zero-order chi connectivity index (χ0) is 15.6. The summed E-state index contributed by atoms with van der Waals surface area (Å²) in [5, 5.41) is 0. The van der Waals surface area contributed by atoms with Gasteiger partial charge in [0.15, 0.2) is 0 Å². The number of nitrogens with one attached hydrogen (secondary N) is 1. The van der Waals surface area contributed by atoms with Crippen LogP contribution < -0.4 is 10.5 Å². The van der Waals surface area contributed by atoms with Crippen LogP contribution in [0.2, 0.25) is 0 Å². The van der Waals surface area contributed by atoms with Crippen molar-refractivity contribution in [1.29, 1.82) is 0 Å². The van der Waals surface area contributed by atoms with E-state index >= 15 is 0 Å². The van der Waals surface area contributed by atoms with Crippen molar-refractivity contribution in [2.75, 3.05) is 10.5 Å². The summed E-state index contributed by atoms with van der Waals surface area (Å²) >= 11 is 0. The molecule has 0 fully saturated rings. The number of sulfonamides is 1. The van der Waals surface area contributed by atoms with Crippen LogP contribution in [0.15, 0.2) is 41.3 Å². The van der Waals surface area contributed by atoms with E-state index in [0.717, 1.165) is 23.1 Å². The first-order valence-electron chi connectivity index (χ1n) is 6.82. The van der Waals surface area contributed by atoms with Gasteiger partial charge in [-0.15, -0.1) is 0 Å². The number of hydrogen-bond acceptors (Lipinski definition) is 3. The Balaban J connectivity index is 2.44. The number of para-hydroxylation sites is 1. The maximum atomic E-state index is 12.5. The molecule has 112 valence electrons. The molecule has 2 rings (SSSR count). The molecule has 0 radical (unpaired) electrons. The highest BCUT2D eigenvalue weighted by Gasteiger charge is 2.17. The van der Waals surface area contributed by atoms with E-state index in [2.05, 4.69) is 4.72 Å². The monoisotopic (exact) mass is 304 g/mol. The van der Waals surface area contributed by atoms with Gasteiger partial charge in [0.2, 0.25) is 0 Å². The molecule has 4 nitrogen and oxygen atoms in total. The first-order chi connectivity index (χ1) is 9.85. The second-order valence-electron chi connectivity index (χ2n) is 5.09. The van der Waals surface area contributed by atoms with E-state index in [4.69, 9.17) is 5.73 Å². The van der Waals surface area contributed by atoms with Gasteiger partial charge in [0.1, 0.15) is 0 Å². The third kappa shape index (κ3) is 3.19. The molecular weight excluding hydrogens is 284 g/mol. The maximum Gasteiger partial charge on any atom is 0.261 e. The lowest BCUT2D eigenvalue weighted by atomic mass is 10.1. The Morgan fingerprint density at radius 2 is 1.81 bits per heavy atom. The first-order valence-corrected chi connectivity index (χ1v) is 8.31. The highest BCUT2D eigenvalue weighted by Crippen LogP contribution is 2.25. The Kier molecular flexibility index (Phi) is 4.23. The third-order valence-corrected chi connectivity index (χ3v) is 4.88. The second kappa shape index (κ2) is 5.77. The Bertz CT molecular complexity index is 768. The molecule has 0 heterocycles. The summed E-state index contributed by atoms with van der Waals surface area (Å²) < 4.78 is 27.7. The maximum absolute atomic E-state index is 12.5. The molecule has 0 aliphatic rings. The number of nitrogens with two attached hydrogens (primary N) is 1. The minimum absolute atomic E-state index is 0.177. The standard InChI is InChI=1S/C16H20N2O2S/c1-4-13-7-5-6-12(3)16(13)18-21(19,20)14-9-8-11(2)15(17)10-14/h5-10,18H,4,17H2,1-3H3. The molecule has 0 saturated heterocycles. The van der Waals surface area contributed by atoms with E-state index < -0.39 is 10.0 Å². The minimum atomic E-state index is -3.64. The van der Waals surface area contributed by atoms with Gasteiger partial charge in [0.25, 0.3) is 10.0 Å². The Labute approximate surface area is 126 Å². The number of benzene rings is 2. The summed E-state index contributed by atoms with van der Waals surface area (Å²) in [7, 11) is -3.64. The van der Waals surface area contributed by atoms with E-state index in [1.807, 2.05) is 39.0 Å². The van der Waals surface area contributed by atoms with Gasteiger partial charge in [-0.1, -0.05) is 31.2 Å². The fourth-order valence-electron chi connectivity index (χ4n) is 2.15. The van der Waals surface area contributed by atoms with Crippen LogP contribution in [-0.4, -0.2) is 8.42 Å². The van der Waals surface area contributed by atoms with Crippen LogP contribution in [-0.2, 0) is 16.4 Å². The van der Waals surface area contributed by atoms with E-state index in [1.54, 1.807) is 12.1 Å². The highest BCUT2D eigenvalue weighted by atomic mass is 32.2. The van der Waals surface area contributed by atoms with Crippen LogP contribution in [0.3, 0.4) is 0 Å². The van der Waals surface area contributed by atoms with E-state index in [9.17, 15) is 8.42 Å².